The van der Waals surface area contributed by atoms with Crippen molar-refractivity contribution in [3.63, 3.8) is 0 Å². The molecule has 3 aromatic rings. The molecule has 0 aliphatic carbocycles. The van der Waals surface area contributed by atoms with E-state index in [0.717, 1.165) is 22.6 Å². The Morgan fingerprint density at radius 2 is 1.77 bits per heavy atom. The lowest BCUT2D eigenvalue weighted by Crippen LogP contribution is -2.17. The Labute approximate surface area is 185 Å². The first-order chi connectivity index (χ1) is 14.3. The van der Waals surface area contributed by atoms with E-state index in [1.165, 1.54) is 14.2 Å². The number of hydrazone groups is 1. The van der Waals surface area contributed by atoms with Gasteiger partial charge < -0.3 is 14.0 Å². The lowest BCUT2D eigenvalue weighted by atomic mass is 10.2. The fourth-order valence-electron chi connectivity index (χ4n) is 3.15. The quantitative estimate of drug-likeness (QED) is 0.419. The largest absolute Gasteiger partial charge is 0.493 e. The number of carbonyl (C=O) groups is 1. The van der Waals surface area contributed by atoms with Crippen LogP contribution in [0.3, 0.4) is 0 Å². The monoisotopic (exact) mass is 445 g/mol. The Morgan fingerprint density at radius 3 is 2.43 bits per heavy atom. The average molecular weight is 446 g/mol. The van der Waals surface area contributed by atoms with E-state index in [4.69, 9.17) is 32.7 Å². The van der Waals surface area contributed by atoms with E-state index >= 15 is 0 Å². The van der Waals surface area contributed by atoms with Gasteiger partial charge in [-0.1, -0.05) is 23.2 Å². The molecule has 6 nitrogen and oxygen atoms in total. The Balaban J connectivity index is 1.80. The highest BCUT2D eigenvalue weighted by molar-refractivity contribution is 6.35. The molecule has 1 heterocycles. The van der Waals surface area contributed by atoms with Crippen molar-refractivity contribution in [2.75, 3.05) is 14.2 Å². The third kappa shape index (κ3) is 4.45. The number of hydrogen-bond donors (Lipinski definition) is 1. The zero-order valence-corrected chi connectivity index (χ0v) is 18.5. The molecule has 0 radical (unpaired) electrons. The first-order valence-electron chi connectivity index (χ1n) is 9.05. The van der Waals surface area contributed by atoms with Crippen LogP contribution in [0.4, 0.5) is 0 Å². The van der Waals surface area contributed by atoms with Gasteiger partial charge >= 0.3 is 0 Å². The van der Waals surface area contributed by atoms with Gasteiger partial charge in [0, 0.05) is 27.5 Å². The number of nitrogens with one attached hydrogen (secondary N) is 1. The van der Waals surface area contributed by atoms with Crippen LogP contribution in [-0.2, 0) is 0 Å². The summed E-state index contributed by atoms with van der Waals surface area (Å²) in [6.07, 6.45) is 1.60. The van der Waals surface area contributed by atoms with E-state index in [1.807, 2.05) is 30.5 Å². The molecule has 1 amide bonds. The fraction of sp³-hybridized carbons (Fsp3) is 0.182. The summed E-state index contributed by atoms with van der Waals surface area (Å²) in [6.45, 7) is 3.92. The first kappa shape index (κ1) is 21.7. The van der Waals surface area contributed by atoms with Crippen LogP contribution in [0.5, 0.6) is 11.5 Å². The van der Waals surface area contributed by atoms with E-state index in [9.17, 15) is 4.79 Å². The van der Waals surface area contributed by atoms with E-state index in [1.54, 1.807) is 36.5 Å². The molecule has 0 aliphatic rings. The zero-order valence-electron chi connectivity index (χ0n) is 17.0. The Morgan fingerprint density at radius 1 is 1.03 bits per heavy atom. The van der Waals surface area contributed by atoms with Gasteiger partial charge in [0.25, 0.3) is 5.91 Å². The maximum absolute atomic E-state index is 12.4. The van der Waals surface area contributed by atoms with E-state index < -0.39 is 0 Å². The Kier molecular flexibility index (Phi) is 6.70. The van der Waals surface area contributed by atoms with Gasteiger partial charge in [0.1, 0.15) is 0 Å². The van der Waals surface area contributed by atoms with Crippen molar-refractivity contribution in [3.8, 4) is 17.2 Å². The van der Waals surface area contributed by atoms with Gasteiger partial charge in [0.2, 0.25) is 0 Å². The predicted molar refractivity (Wildman–Crippen MR) is 120 cm³/mol. The summed E-state index contributed by atoms with van der Waals surface area (Å²) < 4.78 is 12.4. The molecule has 1 N–H and O–H groups in total. The highest BCUT2D eigenvalue weighted by atomic mass is 35.5. The third-order valence-electron chi connectivity index (χ3n) is 4.64. The first-order valence-corrected chi connectivity index (χ1v) is 9.81. The minimum absolute atomic E-state index is 0.359. The smallest absolute Gasteiger partial charge is 0.271 e. The molecule has 1 aromatic heterocycles. The number of nitrogens with zero attached hydrogens (tertiary/aromatic N) is 2. The Bertz CT molecular complexity index is 1120. The van der Waals surface area contributed by atoms with Crippen molar-refractivity contribution < 1.29 is 14.3 Å². The predicted octanol–water partition coefficient (Wildman–Crippen LogP) is 5.18. The molecule has 0 saturated carbocycles. The molecular weight excluding hydrogens is 425 g/mol. The van der Waals surface area contributed by atoms with Gasteiger partial charge in [-0.15, -0.1) is 0 Å². The number of rotatable bonds is 6. The highest BCUT2D eigenvalue weighted by Gasteiger charge is 2.13. The molecule has 8 heteroatoms. The van der Waals surface area contributed by atoms with Gasteiger partial charge in [0.05, 0.1) is 31.1 Å². The molecule has 3 rings (SSSR count). The maximum atomic E-state index is 12.4. The van der Waals surface area contributed by atoms with Gasteiger partial charge in [-0.25, -0.2) is 5.43 Å². The van der Waals surface area contributed by atoms with Crippen molar-refractivity contribution in [2.24, 2.45) is 5.10 Å². The van der Waals surface area contributed by atoms with Gasteiger partial charge in [-0.3, -0.25) is 4.79 Å². The van der Waals surface area contributed by atoms with Crippen LogP contribution in [-0.4, -0.2) is 30.9 Å². The topological polar surface area (TPSA) is 64.8 Å². The fourth-order valence-corrected chi connectivity index (χ4v) is 3.65. The molecule has 0 atom stereocenters. The number of methoxy groups -OCH3 is 2. The third-order valence-corrected chi connectivity index (χ3v) is 5.17. The van der Waals surface area contributed by atoms with Gasteiger partial charge in [-0.05, 0) is 56.3 Å². The number of amides is 1. The number of carbonyl (C=O) groups excluding carboxylic acids is 1. The Hall–Kier alpha value is -2.96. The minimum atomic E-state index is -0.359. The molecule has 30 heavy (non-hydrogen) atoms. The van der Waals surface area contributed by atoms with Crippen molar-refractivity contribution in [2.45, 2.75) is 13.8 Å². The second-order valence-electron chi connectivity index (χ2n) is 6.53. The minimum Gasteiger partial charge on any atom is -0.493 e. The SMILES string of the molecule is COc1ccc(C(=O)N/N=C/c2cc(C)n(-c3ccc(Cl)cc3Cl)c2C)cc1OC. The molecule has 0 aliphatic heterocycles. The molecule has 2 aromatic carbocycles. The van der Waals surface area contributed by atoms with Crippen molar-refractivity contribution in [3.05, 3.63) is 75.0 Å². The van der Waals surface area contributed by atoms with Crippen molar-refractivity contribution in [1.29, 1.82) is 0 Å². The average Bonchev–Trinajstić information content (AvgIpc) is 3.00. The van der Waals surface area contributed by atoms with Gasteiger partial charge in [-0.2, -0.15) is 5.10 Å². The summed E-state index contributed by atoms with van der Waals surface area (Å²) in [5.74, 6) is 0.658. The number of ether oxygens (including phenoxy) is 2. The molecule has 0 unspecified atom stereocenters. The van der Waals surface area contributed by atoms with Crippen LogP contribution in [0.15, 0.2) is 47.6 Å². The number of aromatic nitrogens is 1. The summed E-state index contributed by atoms with van der Waals surface area (Å²) in [5, 5.41) is 5.22. The normalized spacial score (nSPS) is 11.0. The summed E-state index contributed by atoms with van der Waals surface area (Å²) in [6, 6.07) is 12.2. The lowest BCUT2D eigenvalue weighted by molar-refractivity contribution is 0.0954. The van der Waals surface area contributed by atoms with Crippen LogP contribution in [0, 0.1) is 13.8 Å². The molecular formula is C22H21Cl2N3O3. The summed E-state index contributed by atoms with van der Waals surface area (Å²) in [7, 11) is 3.05. The molecule has 0 bridgehead atoms. The number of halogens is 2. The number of aryl methyl sites for hydroxylation is 1. The number of hydrogen-bond acceptors (Lipinski definition) is 4. The molecule has 156 valence electrons. The second kappa shape index (κ2) is 9.24. The van der Waals surface area contributed by atoms with E-state index in [0.29, 0.717) is 27.1 Å². The van der Waals surface area contributed by atoms with Crippen LogP contribution >= 0.6 is 23.2 Å². The highest BCUT2D eigenvalue weighted by Crippen LogP contribution is 2.29. The van der Waals surface area contributed by atoms with E-state index in [-0.39, 0.29) is 5.91 Å². The lowest BCUT2D eigenvalue weighted by Gasteiger charge is -2.11. The number of benzene rings is 2. The zero-order chi connectivity index (χ0) is 21.8. The van der Waals surface area contributed by atoms with Crippen molar-refractivity contribution in [1.82, 2.24) is 9.99 Å². The summed E-state index contributed by atoms with van der Waals surface area (Å²) in [5.41, 5.74) is 6.52. The summed E-state index contributed by atoms with van der Waals surface area (Å²) >= 11 is 12.4. The van der Waals surface area contributed by atoms with Crippen LogP contribution in [0.2, 0.25) is 10.0 Å². The second-order valence-corrected chi connectivity index (χ2v) is 7.37. The molecule has 0 spiro atoms. The summed E-state index contributed by atoms with van der Waals surface area (Å²) in [4.78, 5) is 12.4. The molecule has 0 saturated heterocycles. The standard InChI is InChI=1S/C22H21Cl2N3O3/c1-13-9-16(14(2)27(13)19-7-6-17(23)11-18(19)24)12-25-26-22(28)15-5-8-20(29-3)21(10-15)30-4/h5-12H,1-4H3,(H,26,28)/b25-12+. The van der Waals surface area contributed by atoms with Gasteiger partial charge in [0.15, 0.2) is 11.5 Å². The van der Waals surface area contributed by atoms with Crippen LogP contribution in [0.25, 0.3) is 5.69 Å². The molecule has 0 fully saturated rings. The van der Waals surface area contributed by atoms with Crippen LogP contribution < -0.4 is 14.9 Å². The van der Waals surface area contributed by atoms with Crippen LogP contribution in [0.1, 0.15) is 27.3 Å². The van der Waals surface area contributed by atoms with E-state index in [2.05, 4.69) is 10.5 Å². The maximum Gasteiger partial charge on any atom is 0.271 e. The van der Waals surface area contributed by atoms with Crippen molar-refractivity contribution >= 4 is 35.3 Å².